The average molecular weight is 328 g/mol. The van der Waals surface area contributed by atoms with E-state index in [1.807, 2.05) is 30.3 Å². The smallest absolute Gasteiger partial charge is 0.261 e. The lowest BCUT2D eigenvalue weighted by Gasteiger charge is -2.35. The van der Waals surface area contributed by atoms with Gasteiger partial charge in [-0.2, -0.15) is 0 Å². The number of rotatable bonds is 4. The van der Waals surface area contributed by atoms with Gasteiger partial charge in [0.25, 0.3) is 5.91 Å². The first-order valence-electron chi connectivity index (χ1n) is 7.80. The lowest BCUT2D eigenvalue weighted by atomic mass is 10.0. The quantitative estimate of drug-likeness (QED) is 0.892. The second kappa shape index (κ2) is 6.74. The van der Waals surface area contributed by atoms with Crippen molar-refractivity contribution >= 4 is 11.8 Å². The van der Waals surface area contributed by atoms with Gasteiger partial charge in [-0.1, -0.05) is 30.3 Å². The average Bonchev–Trinajstić information content (AvgIpc) is 2.98. The number of carbonyl (C=O) groups excluding carboxylic acids is 2. The van der Waals surface area contributed by atoms with Gasteiger partial charge in [-0.3, -0.25) is 14.3 Å². The number of ether oxygens (including phenoxy) is 1. The third-order valence-electron chi connectivity index (χ3n) is 4.08. The minimum Gasteiger partial charge on any atom is -0.479 e. The normalized spacial score (nSPS) is 17.5. The highest BCUT2D eigenvalue weighted by Gasteiger charge is 2.35. The molecule has 7 heteroatoms. The predicted octanol–water partition coefficient (Wildman–Crippen LogP) is 0.612. The second-order valence-corrected chi connectivity index (χ2v) is 5.72. The molecule has 1 aliphatic rings. The minimum atomic E-state index is -0.543. The Morgan fingerprint density at radius 1 is 1.38 bits per heavy atom. The summed E-state index contributed by atoms with van der Waals surface area (Å²) in [6, 6.07) is 9.13. The molecule has 1 N–H and O–H groups in total. The van der Waals surface area contributed by atoms with E-state index in [2.05, 4.69) is 10.4 Å². The van der Waals surface area contributed by atoms with Gasteiger partial charge in [-0.15, -0.1) is 5.10 Å². The molecule has 1 fully saturated rings. The molecular weight excluding hydrogens is 308 g/mol. The number of nitrogens with one attached hydrogen (secondary N) is 1. The fourth-order valence-corrected chi connectivity index (χ4v) is 2.92. The topological polar surface area (TPSA) is 76.5 Å². The zero-order chi connectivity index (χ0) is 17.1. The van der Waals surface area contributed by atoms with Gasteiger partial charge in [0.15, 0.2) is 0 Å². The van der Waals surface area contributed by atoms with Crippen LogP contribution in [0.5, 0.6) is 5.88 Å². The molecule has 2 amide bonds. The van der Waals surface area contributed by atoms with Crippen LogP contribution in [0.1, 0.15) is 15.9 Å². The molecule has 0 bridgehead atoms. The third kappa shape index (κ3) is 3.10. The van der Waals surface area contributed by atoms with Crippen LogP contribution in [-0.4, -0.2) is 52.7 Å². The molecule has 1 unspecified atom stereocenters. The first-order valence-corrected chi connectivity index (χ1v) is 7.80. The molecule has 1 aromatic carbocycles. The fourth-order valence-electron chi connectivity index (χ4n) is 2.92. The Labute approximate surface area is 140 Å². The van der Waals surface area contributed by atoms with Gasteiger partial charge in [-0.25, -0.2) is 0 Å². The number of aryl methyl sites for hydroxylation is 1. The van der Waals surface area contributed by atoms with E-state index >= 15 is 0 Å². The number of aromatic nitrogens is 2. The molecule has 2 heterocycles. The standard InChI is InChI=1S/C17H20N4O3/c1-20-11-13(16(19-20)24-2)17(23)21-9-8-18-15(22)14(21)10-12-6-4-3-5-7-12/h3-7,11,14H,8-10H2,1-2H3,(H,18,22). The number of hydrogen-bond donors (Lipinski definition) is 1. The molecule has 0 aliphatic carbocycles. The molecule has 0 saturated carbocycles. The minimum absolute atomic E-state index is 0.138. The molecule has 126 valence electrons. The van der Waals surface area contributed by atoms with Crippen molar-refractivity contribution in [2.75, 3.05) is 20.2 Å². The Morgan fingerprint density at radius 3 is 2.83 bits per heavy atom. The van der Waals surface area contributed by atoms with Crippen LogP contribution in [0.15, 0.2) is 36.5 Å². The van der Waals surface area contributed by atoms with Crippen molar-refractivity contribution < 1.29 is 14.3 Å². The van der Waals surface area contributed by atoms with Gasteiger partial charge in [0.2, 0.25) is 11.8 Å². The summed E-state index contributed by atoms with van der Waals surface area (Å²) in [7, 11) is 3.20. The summed E-state index contributed by atoms with van der Waals surface area (Å²) in [5.74, 6) is -0.107. The molecule has 0 radical (unpaired) electrons. The van der Waals surface area contributed by atoms with Crippen LogP contribution in [0.3, 0.4) is 0 Å². The van der Waals surface area contributed by atoms with Crippen molar-refractivity contribution in [3.63, 3.8) is 0 Å². The van der Waals surface area contributed by atoms with Gasteiger partial charge in [0, 0.05) is 32.8 Å². The van der Waals surface area contributed by atoms with E-state index in [4.69, 9.17) is 4.74 Å². The zero-order valence-corrected chi connectivity index (χ0v) is 13.7. The molecule has 2 aromatic rings. The molecule has 1 aromatic heterocycles. The van der Waals surface area contributed by atoms with Crippen molar-refractivity contribution in [1.29, 1.82) is 0 Å². The van der Waals surface area contributed by atoms with Gasteiger partial charge < -0.3 is 15.0 Å². The van der Waals surface area contributed by atoms with Crippen LogP contribution in [0.25, 0.3) is 0 Å². The van der Waals surface area contributed by atoms with Crippen LogP contribution >= 0.6 is 0 Å². The van der Waals surface area contributed by atoms with Crippen molar-refractivity contribution in [2.24, 2.45) is 7.05 Å². The maximum atomic E-state index is 13.0. The van der Waals surface area contributed by atoms with Crippen molar-refractivity contribution in [2.45, 2.75) is 12.5 Å². The fraction of sp³-hybridized carbons (Fsp3) is 0.353. The van der Waals surface area contributed by atoms with Crippen molar-refractivity contribution in [3.05, 3.63) is 47.7 Å². The molecule has 7 nitrogen and oxygen atoms in total. The molecule has 1 atom stereocenters. The zero-order valence-electron chi connectivity index (χ0n) is 13.7. The Bertz CT molecular complexity index is 742. The third-order valence-corrected chi connectivity index (χ3v) is 4.08. The maximum absolute atomic E-state index is 13.0. The van der Waals surface area contributed by atoms with Crippen molar-refractivity contribution in [1.82, 2.24) is 20.0 Å². The highest BCUT2D eigenvalue weighted by molar-refractivity contribution is 5.99. The van der Waals surface area contributed by atoms with Crippen LogP contribution < -0.4 is 10.1 Å². The van der Waals surface area contributed by atoms with Crippen LogP contribution in [0, 0.1) is 0 Å². The number of piperazine rings is 1. The first kappa shape index (κ1) is 16.0. The molecule has 1 saturated heterocycles. The number of nitrogens with zero attached hydrogens (tertiary/aromatic N) is 3. The van der Waals surface area contributed by atoms with E-state index in [-0.39, 0.29) is 17.7 Å². The summed E-state index contributed by atoms with van der Waals surface area (Å²) in [6.07, 6.45) is 2.09. The SMILES string of the molecule is COc1nn(C)cc1C(=O)N1CCNC(=O)C1Cc1ccccc1. The first-order chi connectivity index (χ1) is 11.6. The number of benzene rings is 1. The molecule has 3 rings (SSSR count). The number of carbonyl (C=O) groups is 2. The van der Waals surface area contributed by atoms with Crippen LogP contribution in [-0.2, 0) is 18.3 Å². The Hall–Kier alpha value is -2.83. The number of hydrogen-bond acceptors (Lipinski definition) is 4. The van der Waals surface area contributed by atoms with E-state index in [1.165, 1.54) is 11.8 Å². The van der Waals surface area contributed by atoms with Gasteiger partial charge >= 0.3 is 0 Å². The van der Waals surface area contributed by atoms with Gasteiger partial charge in [0.05, 0.1) is 7.11 Å². The summed E-state index contributed by atoms with van der Waals surface area (Å²) in [6.45, 7) is 0.901. The van der Waals surface area contributed by atoms with E-state index in [0.29, 0.717) is 25.1 Å². The number of amides is 2. The summed E-state index contributed by atoms with van der Waals surface area (Å²) < 4.78 is 6.71. The van der Waals surface area contributed by atoms with E-state index in [0.717, 1.165) is 5.56 Å². The highest BCUT2D eigenvalue weighted by Crippen LogP contribution is 2.21. The number of methoxy groups -OCH3 is 1. The summed E-state index contributed by atoms with van der Waals surface area (Å²) in [4.78, 5) is 26.9. The van der Waals surface area contributed by atoms with Crippen LogP contribution in [0.4, 0.5) is 0 Å². The Balaban J connectivity index is 1.88. The predicted molar refractivity (Wildman–Crippen MR) is 87.7 cm³/mol. The van der Waals surface area contributed by atoms with E-state index < -0.39 is 6.04 Å². The highest BCUT2D eigenvalue weighted by atomic mass is 16.5. The second-order valence-electron chi connectivity index (χ2n) is 5.72. The lowest BCUT2D eigenvalue weighted by Crippen LogP contribution is -2.58. The van der Waals surface area contributed by atoms with Gasteiger partial charge in [0.1, 0.15) is 11.6 Å². The Morgan fingerprint density at radius 2 is 2.12 bits per heavy atom. The molecular formula is C17H20N4O3. The molecule has 0 spiro atoms. The summed E-state index contributed by atoms with van der Waals surface area (Å²) >= 11 is 0. The lowest BCUT2D eigenvalue weighted by molar-refractivity contribution is -0.127. The van der Waals surface area contributed by atoms with E-state index in [1.54, 1.807) is 18.1 Å². The van der Waals surface area contributed by atoms with Gasteiger partial charge in [-0.05, 0) is 5.56 Å². The maximum Gasteiger partial charge on any atom is 0.261 e. The monoisotopic (exact) mass is 328 g/mol. The van der Waals surface area contributed by atoms with E-state index in [9.17, 15) is 9.59 Å². The summed E-state index contributed by atoms with van der Waals surface area (Å²) in [5.41, 5.74) is 1.38. The summed E-state index contributed by atoms with van der Waals surface area (Å²) in [5, 5.41) is 6.96. The largest absolute Gasteiger partial charge is 0.479 e. The molecule has 24 heavy (non-hydrogen) atoms. The van der Waals surface area contributed by atoms with Crippen molar-refractivity contribution in [3.8, 4) is 5.88 Å². The molecule has 1 aliphatic heterocycles. The Kier molecular flexibility index (Phi) is 4.50. The van der Waals surface area contributed by atoms with Crippen LogP contribution in [0.2, 0.25) is 0 Å².